The van der Waals surface area contributed by atoms with Gasteiger partial charge in [0.05, 0.1) is 11.6 Å². The molecule has 1 aromatic heterocycles. The molecule has 10 heteroatoms. The number of nitrogens with zero attached hydrogens (tertiary/aromatic N) is 2. The van der Waals surface area contributed by atoms with E-state index in [1.807, 2.05) is 27.7 Å². The third-order valence-electron chi connectivity index (χ3n) is 5.65. The molecular formula is C22H29BrN4O5. The summed E-state index contributed by atoms with van der Waals surface area (Å²) in [5.74, 6) is 0.368. The average Bonchev–Trinajstić information content (AvgIpc) is 3.51. The van der Waals surface area contributed by atoms with Crippen LogP contribution < -0.4 is 21.3 Å². The third kappa shape index (κ3) is 4.71. The molecule has 2 aliphatic rings. The van der Waals surface area contributed by atoms with Crippen molar-refractivity contribution in [3.8, 4) is 5.75 Å². The second kappa shape index (κ2) is 8.55. The highest BCUT2D eigenvalue weighted by Crippen LogP contribution is 2.37. The summed E-state index contributed by atoms with van der Waals surface area (Å²) in [6, 6.07) is 3.30. The summed E-state index contributed by atoms with van der Waals surface area (Å²) >= 11 is 3.49. The first-order valence-electron chi connectivity index (χ1n) is 10.9. The maximum Gasteiger partial charge on any atom is 0.410 e. The van der Waals surface area contributed by atoms with Gasteiger partial charge in [-0.2, -0.15) is 0 Å². The van der Waals surface area contributed by atoms with E-state index in [-0.39, 0.29) is 18.2 Å². The zero-order valence-electron chi connectivity index (χ0n) is 18.7. The Hall–Kier alpha value is -2.33. The van der Waals surface area contributed by atoms with Gasteiger partial charge in [0.15, 0.2) is 0 Å². The third-order valence-corrected chi connectivity index (χ3v) is 6.11. The molecule has 2 heterocycles. The van der Waals surface area contributed by atoms with Crippen molar-refractivity contribution in [2.45, 2.75) is 64.3 Å². The molecule has 0 bridgehead atoms. The maximum absolute atomic E-state index is 12.8. The lowest BCUT2D eigenvalue weighted by atomic mass is 10.1. The molecule has 1 aliphatic heterocycles. The second-order valence-corrected chi connectivity index (χ2v) is 10.3. The summed E-state index contributed by atoms with van der Waals surface area (Å²) in [4.78, 5) is 42.1. The van der Waals surface area contributed by atoms with Gasteiger partial charge in [-0.15, -0.1) is 0 Å². The van der Waals surface area contributed by atoms with Gasteiger partial charge in [0.1, 0.15) is 22.8 Å². The Morgan fingerprint density at radius 2 is 1.97 bits per heavy atom. The van der Waals surface area contributed by atoms with Gasteiger partial charge in [0, 0.05) is 30.1 Å². The zero-order valence-corrected chi connectivity index (χ0v) is 20.3. The van der Waals surface area contributed by atoms with Gasteiger partial charge in [0.25, 0.3) is 5.56 Å². The Morgan fingerprint density at radius 1 is 1.25 bits per heavy atom. The van der Waals surface area contributed by atoms with Crippen LogP contribution in [0.3, 0.4) is 0 Å². The van der Waals surface area contributed by atoms with Crippen LogP contribution in [0.5, 0.6) is 5.75 Å². The van der Waals surface area contributed by atoms with Crippen molar-refractivity contribution in [3.05, 3.63) is 37.4 Å². The van der Waals surface area contributed by atoms with E-state index < -0.39 is 23.0 Å². The van der Waals surface area contributed by atoms with Gasteiger partial charge in [-0.25, -0.2) is 9.59 Å². The number of carbonyl (C=O) groups is 1. The van der Waals surface area contributed by atoms with Crippen LogP contribution in [0, 0.1) is 0 Å². The number of nitrogens with one attached hydrogen (secondary N) is 2. The highest BCUT2D eigenvalue weighted by Gasteiger charge is 2.35. The minimum Gasteiger partial charge on any atom is -0.488 e. The van der Waals surface area contributed by atoms with Crippen LogP contribution in [0.15, 0.2) is 26.2 Å². The Labute approximate surface area is 194 Å². The molecule has 2 unspecified atom stereocenters. The van der Waals surface area contributed by atoms with E-state index in [1.165, 1.54) is 0 Å². The normalized spacial score (nSPS) is 20.3. The van der Waals surface area contributed by atoms with Crippen molar-refractivity contribution < 1.29 is 14.3 Å². The number of fused-ring (bicyclic) bond motifs is 1. The standard InChI is InChI=1S/C22H29BrN4O5/c1-12(16-11-24-7-8-26(16)21(30)32-22(2,3)4)31-17-10-13(23)9-15-18(17)19(28)25-20(29)27(15)14-5-6-14/h9-10,12,14,16,24H,5-8,11H2,1-4H3,(H,25,28,29). The Kier molecular flexibility index (Phi) is 6.10. The number of H-pyrrole nitrogens is 1. The molecule has 2 N–H and O–H groups in total. The lowest BCUT2D eigenvalue weighted by Crippen LogP contribution is -2.59. The number of ether oxygens (including phenoxy) is 2. The largest absolute Gasteiger partial charge is 0.488 e. The second-order valence-electron chi connectivity index (χ2n) is 9.43. The van der Waals surface area contributed by atoms with Crippen LogP contribution in [-0.4, -0.2) is 57.9 Å². The van der Waals surface area contributed by atoms with Crippen molar-refractivity contribution in [2.24, 2.45) is 0 Å². The minimum atomic E-state index is -0.600. The quantitative estimate of drug-likeness (QED) is 0.657. The van der Waals surface area contributed by atoms with Crippen LogP contribution in [0.4, 0.5) is 4.79 Å². The van der Waals surface area contributed by atoms with Gasteiger partial charge in [-0.05, 0) is 52.7 Å². The minimum absolute atomic E-state index is 0.0895. The molecule has 32 heavy (non-hydrogen) atoms. The summed E-state index contributed by atoms with van der Waals surface area (Å²) in [6.45, 7) is 9.07. The summed E-state index contributed by atoms with van der Waals surface area (Å²) in [5, 5.41) is 3.63. The topological polar surface area (TPSA) is 106 Å². The highest BCUT2D eigenvalue weighted by molar-refractivity contribution is 9.10. The van der Waals surface area contributed by atoms with Gasteiger partial charge >= 0.3 is 11.8 Å². The molecule has 1 saturated carbocycles. The van der Waals surface area contributed by atoms with Crippen LogP contribution in [0.25, 0.3) is 10.9 Å². The highest BCUT2D eigenvalue weighted by atomic mass is 79.9. The summed E-state index contributed by atoms with van der Waals surface area (Å²) in [6.07, 6.45) is 0.977. The number of hydrogen-bond donors (Lipinski definition) is 2. The lowest BCUT2D eigenvalue weighted by molar-refractivity contribution is -0.00434. The van der Waals surface area contributed by atoms with E-state index in [0.29, 0.717) is 40.8 Å². The molecule has 4 rings (SSSR count). The van der Waals surface area contributed by atoms with Crippen LogP contribution in [-0.2, 0) is 4.74 Å². The summed E-state index contributed by atoms with van der Waals surface area (Å²) < 4.78 is 14.2. The Morgan fingerprint density at radius 3 is 2.62 bits per heavy atom. The molecule has 1 aromatic carbocycles. The fourth-order valence-corrected chi connectivity index (χ4v) is 4.50. The molecule has 2 aromatic rings. The summed E-state index contributed by atoms with van der Waals surface area (Å²) in [7, 11) is 0. The smallest absolute Gasteiger partial charge is 0.410 e. The molecule has 0 spiro atoms. The number of hydrogen-bond acceptors (Lipinski definition) is 6. The van der Waals surface area contributed by atoms with E-state index in [9.17, 15) is 14.4 Å². The number of benzene rings is 1. The number of carbonyl (C=O) groups excluding carboxylic acids is 1. The van der Waals surface area contributed by atoms with Gasteiger partial charge < -0.3 is 14.8 Å². The zero-order chi connectivity index (χ0) is 23.2. The van der Waals surface area contributed by atoms with Crippen molar-refractivity contribution in [1.29, 1.82) is 0 Å². The van der Waals surface area contributed by atoms with E-state index in [4.69, 9.17) is 9.47 Å². The molecule has 9 nitrogen and oxygen atoms in total. The molecular weight excluding hydrogens is 480 g/mol. The number of halogens is 1. The van der Waals surface area contributed by atoms with E-state index in [1.54, 1.807) is 21.6 Å². The fourth-order valence-electron chi connectivity index (χ4n) is 4.07. The Bertz CT molecular complexity index is 1150. The number of amides is 1. The Balaban J connectivity index is 1.68. The van der Waals surface area contributed by atoms with E-state index >= 15 is 0 Å². The van der Waals surface area contributed by atoms with Crippen molar-refractivity contribution in [2.75, 3.05) is 19.6 Å². The van der Waals surface area contributed by atoms with Crippen LogP contribution in [0.1, 0.15) is 46.6 Å². The fraction of sp³-hybridized carbons (Fsp3) is 0.591. The summed E-state index contributed by atoms with van der Waals surface area (Å²) in [5.41, 5.74) is -0.947. The number of rotatable bonds is 4. The van der Waals surface area contributed by atoms with Gasteiger partial charge in [0.2, 0.25) is 0 Å². The number of aromatic nitrogens is 2. The van der Waals surface area contributed by atoms with Crippen molar-refractivity contribution >= 4 is 32.9 Å². The lowest BCUT2D eigenvalue weighted by Gasteiger charge is -2.39. The molecule has 1 amide bonds. The first-order chi connectivity index (χ1) is 15.0. The molecule has 1 aliphatic carbocycles. The first kappa shape index (κ1) is 22.8. The molecule has 2 fully saturated rings. The molecule has 2 atom stereocenters. The van der Waals surface area contributed by atoms with Crippen molar-refractivity contribution in [3.63, 3.8) is 0 Å². The molecule has 174 valence electrons. The molecule has 1 saturated heterocycles. The molecule has 0 radical (unpaired) electrons. The predicted molar refractivity (Wildman–Crippen MR) is 124 cm³/mol. The number of piperazine rings is 1. The van der Waals surface area contributed by atoms with Crippen LogP contribution in [0.2, 0.25) is 0 Å². The predicted octanol–water partition coefficient (Wildman–Crippen LogP) is 2.76. The van der Waals surface area contributed by atoms with Gasteiger partial charge in [-0.1, -0.05) is 15.9 Å². The van der Waals surface area contributed by atoms with E-state index in [2.05, 4.69) is 26.2 Å². The van der Waals surface area contributed by atoms with E-state index in [0.717, 1.165) is 12.8 Å². The maximum atomic E-state index is 12.8. The van der Waals surface area contributed by atoms with Crippen LogP contribution >= 0.6 is 15.9 Å². The number of aromatic amines is 1. The van der Waals surface area contributed by atoms with Gasteiger partial charge in [-0.3, -0.25) is 19.2 Å². The monoisotopic (exact) mass is 508 g/mol. The SMILES string of the molecule is CC(Oc1cc(Br)cc2c1c(=O)[nH]c(=O)n2C1CC1)C1CNCCN1C(=O)OC(C)(C)C. The van der Waals surface area contributed by atoms with Crippen molar-refractivity contribution in [1.82, 2.24) is 19.8 Å². The average molecular weight is 509 g/mol. The first-order valence-corrected chi connectivity index (χ1v) is 11.7.